The molecular weight excluding hydrogens is 378 g/mol. The van der Waals surface area contributed by atoms with Crippen LogP contribution < -0.4 is 21.1 Å². The van der Waals surface area contributed by atoms with Gasteiger partial charge in [-0.15, -0.1) is 0 Å². The Kier molecular flexibility index (Phi) is 5.15. The van der Waals surface area contributed by atoms with Gasteiger partial charge < -0.3 is 21.1 Å². The van der Waals surface area contributed by atoms with Crippen molar-refractivity contribution >= 4 is 17.7 Å². The van der Waals surface area contributed by atoms with Crippen molar-refractivity contribution in [1.29, 1.82) is 0 Å². The molecule has 2 aromatic heterocycles. The number of anilines is 3. The maximum absolute atomic E-state index is 6.13. The Bertz CT molecular complexity index is 1080. The van der Waals surface area contributed by atoms with Crippen LogP contribution in [-0.4, -0.2) is 33.1 Å². The lowest BCUT2D eigenvalue weighted by Gasteiger charge is -2.26. The average molecular weight is 406 g/mol. The summed E-state index contributed by atoms with van der Waals surface area (Å²) in [6, 6.07) is 4.22. The van der Waals surface area contributed by atoms with Gasteiger partial charge in [-0.3, -0.25) is 0 Å². The summed E-state index contributed by atoms with van der Waals surface area (Å²) in [5, 5.41) is 0. The van der Waals surface area contributed by atoms with E-state index in [9.17, 15) is 0 Å². The molecule has 0 fully saturated rings. The minimum Gasteiger partial charge on any atom is -0.491 e. The predicted octanol–water partition coefficient (Wildman–Crippen LogP) is 3.24. The van der Waals surface area contributed by atoms with E-state index in [0.29, 0.717) is 25.6 Å². The molecule has 0 radical (unpaired) electrons. The minimum absolute atomic E-state index is 0.262. The first-order valence-corrected chi connectivity index (χ1v) is 10.1. The first kappa shape index (κ1) is 19.9. The van der Waals surface area contributed by atoms with E-state index in [-0.39, 0.29) is 11.9 Å². The van der Waals surface area contributed by atoms with Crippen molar-refractivity contribution in [3.8, 4) is 16.9 Å². The zero-order valence-corrected chi connectivity index (χ0v) is 17.8. The second-order valence-corrected chi connectivity index (χ2v) is 7.94. The highest BCUT2D eigenvalue weighted by Gasteiger charge is 2.24. The van der Waals surface area contributed by atoms with Crippen molar-refractivity contribution in [2.45, 2.75) is 40.2 Å². The van der Waals surface area contributed by atoms with Crippen LogP contribution in [0.15, 0.2) is 24.5 Å². The summed E-state index contributed by atoms with van der Waals surface area (Å²) >= 11 is 0. The molecular formula is C22H27N7O. The molecule has 30 heavy (non-hydrogen) atoms. The van der Waals surface area contributed by atoms with Crippen molar-refractivity contribution < 1.29 is 4.74 Å². The van der Waals surface area contributed by atoms with Crippen molar-refractivity contribution in [3.05, 3.63) is 46.9 Å². The highest BCUT2D eigenvalue weighted by molar-refractivity contribution is 5.67. The number of benzene rings is 1. The van der Waals surface area contributed by atoms with E-state index in [4.69, 9.17) is 16.2 Å². The van der Waals surface area contributed by atoms with Crippen LogP contribution in [0.4, 0.5) is 17.7 Å². The number of hydrogen-bond donors (Lipinski definition) is 2. The molecule has 1 aliphatic rings. The zero-order valence-electron chi connectivity index (χ0n) is 17.8. The minimum atomic E-state index is 0.262. The monoisotopic (exact) mass is 405 g/mol. The third-order valence-corrected chi connectivity index (χ3v) is 5.34. The van der Waals surface area contributed by atoms with Gasteiger partial charge in [0.2, 0.25) is 11.9 Å². The first-order chi connectivity index (χ1) is 14.3. The quantitative estimate of drug-likeness (QED) is 0.682. The second kappa shape index (κ2) is 7.78. The molecule has 1 aromatic carbocycles. The van der Waals surface area contributed by atoms with Crippen molar-refractivity contribution in [3.63, 3.8) is 0 Å². The molecule has 0 atom stereocenters. The van der Waals surface area contributed by atoms with Crippen LogP contribution in [0.1, 0.15) is 42.1 Å². The lowest BCUT2D eigenvalue weighted by Crippen LogP contribution is -2.28. The Morgan fingerprint density at radius 2 is 1.73 bits per heavy atom. The number of nitrogens with two attached hydrogens (primary N) is 2. The van der Waals surface area contributed by atoms with Gasteiger partial charge in [-0.1, -0.05) is 13.8 Å². The molecule has 0 unspecified atom stereocenters. The van der Waals surface area contributed by atoms with E-state index in [0.717, 1.165) is 45.1 Å². The highest BCUT2D eigenvalue weighted by Crippen LogP contribution is 2.36. The van der Waals surface area contributed by atoms with Crippen molar-refractivity contribution in [2.75, 3.05) is 29.5 Å². The summed E-state index contributed by atoms with van der Waals surface area (Å²) in [6.45, 7) is 10.3. The smallest absolute Gasteiger partial charge is 0.222 e. The maximum atomic E-state index is 6.13. The number of aryl methyl sites for hydroxylation is 2. The maximum Gasteiger partial charge on any atom is 0.222 e. The van der Waals surface area contributed by atoms with E-state index in [1.807, 2.05) is 6.92 Å². The second-order valence-electron chi connectivity index (χ2n) is 7.94. The van der Waals surface area contributed by atoms with Gasteiger partial charge in [0, 0.05) is 41.3 Å². The topological polar surface area (TPSA) is 116 Å². The molecule has 0 amide bonds. The number of ether oxygens (including phenoxy) is 1. The Labute approximate surface area is 176 Å². The molecule has 0 bridgehead atoms. The number of fused-ring (bicyclic) bond motifs is 1. The summed E-state index contributed by atoms with van der Waals surface area (Å²) in [6.07, 6.45) is 3.48. The van der Waals surface area contributed by atoms with Crippen LogP contribution in [0.5, 0.6) is 5.75 Å². The molecule has 1 aliphatic heterocycles. The Balaban J connectivity index is 1.78. The van der Waals surface area contributed by atoms with Crippen LogP contribution in [0.3, 0.4) is 0 Å². The van der Waals surface area contributed by atoms with E-state index >= 15 is 0 Å². The van der Waals surface area contributed by atoms with Crippen LogP contribution in [0.25, 0.3) is 11.1 Å². The van der Waals surface area contributed by atoms with Gasteiger partial charge in [-0.2, -0.15) is 4.98 Å². The molecule has 8 nitrogen and oxygen atoms in total. The SMILES string of the molecule is Cc1cc(-c2cnc(N)nc2)cc2c1OCCN(c1nc(N)nc(C)c1C(C)C)C2. The van der Waals surface area contributed by atoms with Gasteiger partial charge >= 0.3 is 0 Å². The van der Waals surface area contributed by atoms with Crippen LogP contribution in [0, 0.1) is 13.8 Å². The van der Waals surface area contributed by atoms with Gasteiger partial charge in [-0.25, -0.2) is 15.0 Å². The van der Waals surface area contributed by atoms with Crippen LogP contribution in [0.2, 0.25) is 0 Å². The summed E-state index contributed by atoms with van der Waals surface area (Å²) in [7, 11) is 0. The fourth-order valence-corrected chi connectivity index (χ4v) is 4.05. The third-order valence-electron chi connectivity index (χ3n) is 5.34. The first-order valence-electron chi connectivity index (χ1n) is 10.1. The zero-order chi connectivity index (χ0) is 21.4. The number of nitrogen functional groups attached to an aromatic ring is 2. The molecule has 4 N–H and O–H groups in total. The fourth-order valence-electron chi connectivity index (χ4n) is 4.05. The normalized spacial score (nSPS) is 13.7. The Morgan fingerprint density at radius 1 is 1.00 bits per heavy atom. The summed E-state index contributed by atoms with van der Waals surface area (Å²) in [5.74, 6) is 2.64. The van der Waals surface area contributed by atoms with E-state index in [2.05, 4.69) is 57.7 Å². The fraction of sp³-hybridized carbons (Fsp3) is 0.364. The largest absolute Gasteiger partial charge is 0.491 e. The molecule has 0 aliphatic carbocycles. The summed E-state index contributed by atoms with van der Waals surface area (Å²) in [5.41, 5.74) is 17.8. The molecule has 3 heterocycles. The number of rotatable bonds is 3. The average Bonchev–Trinajstić information content (AvgIpc) is 2.90. The van der Waals surface area contributed by atoms with Crippen LogP contribution in [-0.2, 0) is 6.54 Å². The lowest BCUT2D eigenvalue weighted by atomic mass is 9.99. The van der Waals surface area contributed by atoms with Gasteiger partial charge in [0.15, 0.2) is 0 Å². The summed E-state index contributed by atoms with van der Waals surface area (Å²) in [4.78, 5) is 19.5. The Hall–Kier alpha value is -3.42. The van der Waals surface area contributed by atoms with Gasteiger partial charge in [-0.05, 0) is 43.0 Å². The van der Waals surface area contributed by atoms with Gasteiger partial charge in [0.25, 0.3) is 0 Å². The van der Waals surface area contributed by atoms with Crippen LogP contribution >= 0.6 is 0 Å². The number of aromatic nitrogens is 4. The standard InChI is InChI=1S/C22H27N7O/c1-12(2)18-14(4)27-22(24)28-20(18)29-5-6-30-19-13(3)7-15(8-16(19)11-29)17-9-25-21(23)26-10-17/h7-10,12H,5-6,11H2,1-4H3,(H2,23,25,26)(H2,24,27,28). The van der Waals surface area contributed by atoms with Gasteiger partial charge in [0.05, 0.1) is 6.54 Å². The number of nitrogens with zero attached hydrogens (tertiary/aromatic N) is 5. The van der Waals surface area contributed by atoms with Crippen molar-refractivity contribution in [1.82, 2.24) is 19.9 Å². The Morgan fingerprint density at radius 3 is 2.43 bits per heavy atom. The van der Waals surface area contributed by atoms with E-state index < -0.39 is 0 Å². The molecule has 3 aromatic rings. The van der Waals surface area contributed by atoms with Crippen molar-refractivity contribution in [2.24, 2.45) is 0 Å². The number of hydrogen-bond acceptors (Lipinski definition) is 8. The predicted molar refractivity (Wildman–Crippen MR) is 118 cm³/mol. The molecule has 156 valence electrons. The van der Waals surface area contributed by atoms with E-state index in [1.54, 1.807) is 12.4 Å². The molecule has 4 rings (SSSR count). The third kappa shape index (κ3) is 3.72. The van der Waals surface area contributed by atoms with Gasteiger partial charge in [0.1, 0.15) is 18.2 Å². The molecule has 0 saturated heterocycles. The highest BCUT2D eigenvalue weighted by atomic mass is 16.5. The molecule has 8 heteroatoms. The summed E-state index contributed by atoms with van der Waals surface area (Å²) < 4.78 is 6.13. The van der Waals surface area contributed by atoms with E-state index in [1.165, 1.54) is 0 Å². The lowest BCUT2D eigenvalue weighted by molar-refractivity contribution is 0.329. The molecule has 0 saturated carbocycles. The molecule has 0 spiro atoms.